The second-order valence-electron chi connectivity index (χ2n) is 8.16. The van der Waals surface area contributed by atoms with E-state index >= 15 is 0 Å². The number of amides is 3. The number of Topliss-reactive ketones (excluding diaryl/α,β-unsaturated/α-hetero) is 1. The number of rotatable bonds is 1. The van der Waals surface area contributed by atoms with E-state index in [2.05, 4.69) is 16.0 Å². The highest BCUT2D eigenvalue weighted by molar-refractivity contribution is 8.76. The number of carbonyl (C=O) groups excluding carboxylic acids is 5. The average Bonchev–Trinajstić information content (AvgIpc) is 2.72. The van der Waals surface area contributed by atoms with Gasteiger partial charge in [0, 0.05) is 30.3 Å². The van der Waals surface area contributed by atoms with Crippen LogP contribution in [0.1, 0.15) is 40.0 Å². The van der Waals surface area contributed by atoms with Gasteiger partial charge in [-0.1, -0.05) is 41.5 Å². The van der Waals surface area contributed by atoms with Crippen molar-refractivity contribution >= 4 is 51.1 Å². The number of fused-ring (bicyclic) bond motifs is 7. The van der Waals surface area contributed by atoms with Gasteiger partial charge in [-0.15, -0.1) is 0 Å². The van der Waals surface area contributed by atoms with Crippen molar-refractivity contribution in [2.75, 3.05) is 18.1 Å². The van der Waals surface area contributed by atoms with Gasteiger partial charge in [0.15, 0.2) is 0 Å². The van der Waals surface area contributed by atoms with E-state index in [0.29, 0.717) is 12.2 Å². The molecule has 2 aliphatic heterocycles. The van der Waals surface area contributed by atoms with Gasteiger partial charge in [0.05, 0.1) is 0 Å². The molecule has 9 nitrogen and oxygen atoms in total. The maximum absolute atomic E-state index is 13.0. The Morgan fingerprint density at radius 1 is 1.00 bits per heavy atom. The number of hydrogen-bond acceptors (Lipinski definition) is 8. The lowest BCUT2D eigenvalue weighted by atomic mass is 9.88. The van der Waals surface area contributed by atoms with Crippen molar-refractivity contribution in [1.29, 1.82) is 0 Å². The molecule has 0 aliphatic carbocycles. The second-order valence-corrected chi connectivity index (χ2v) is 10.8. The molecule has 3 N–H and O–H groups in total. The highest BCUT2D eigenvalue weighted by atomic mass is 33.1. The summed E-state index contributed by atoms with van der Waals surface area (Å²) in [7, 11) is 3.00. The monoisotopic (exact) mass is 485 g/mol. The predicted molar refractivity (Wildman–Crippen MR) is 124 cm³/mol. The molecule has 0 saturated carbocycles. The van der Waals surface area contributed by atoms with Crippen LogP contribution in [0.5, 0.6) is 0 Å². The van der Waals surface area contributed by atoms with E-state index in [0.717, 1.165) is 5.75 Å². The van der Waals surface area contributed by atoms with E-state index < -0.39 is 41.9 Å². The molecule has 3 amide bonds. The number of nitrogens with one attached hydrogen (secondary N) is 3. The van der Waals surface area contributed by atoms with Crippen LogP contribution in [0, 0.1) is 11.8 Å². The SMILES string of the molecule is CC(C)[C@H]1CC(=O)CC2/C=C/CCSSC[C@@H](NC1=O)C(=O)N[C@H](C)C(=O)NCC(=O)O2. The molecule has 2 rings (SSSR count). The molecule has 0 aromatic rings. The fourth-order valence-electron chi connectivity index (χ4n) is 3.24. The van der Waals surface area contributed by atoms with Crippen LogP contribution in [0.2, 0.25) is 0 Å². The standard InChI is InChI=1S/C21H31N3O6S2/c1-12(2)16-9-14(25)8-15-6-4-5-7-31-32-11-17(24-20(16)28)21(29)23-13(3)19(27)22-10-18(26)30-15/h4,6,12-13,15-17H,5,7-11H2,1-3H3,(H,22,27)(H,23,29)(H,24,28)/b6-4+/t13-,15?,16-,17-/m1/s1. The summed E-state index contributed by atoms with van der Waals surface area (Å²) in [6.07, 6.45) is 3.37. The summed E-state index contributed by atoms with van der Waals surface area (Å²) in [4.78, 5) is 63.1. The zero-order valence-electron chi connectivity index (χ0n) is 18.6. The first-order valence-corrected chi connectivity index (χ1v) is 13.2. The van der Waals surface area contributed by atoms with Crippen molar-refractivity contribution < 1.29 is 28.7 Å². The van der Waals surface area contributed by atoms with E-state index in [9.17, 15) is 24.0 Å². The van der Waals surface area contributed by atoms with Crippen molar-refractivity contribution in [3.05, 3.63) is 12.2 Å². The fraction of sp³-hybridized carbons (Fsp3) is 0.667. The largest absolute Gasteiger partial charge is 0.456 e. The number of carbonyl (C=O) groups is 5. The molecule has 1 fully saturated rings. The first kappa shape index (κ1) is 26.2. The first-order valence-electron chi connectivity index (χ1n) is 10.7. The quantitative estimate of drug-likeness (QED) is 0.285. The molecule has 0 aromatic heterocycles. The molecule has 11 heteroatoms. The van der Waals surface area contributed by atoms with Gasteiger partial charge in [-0.05, 0) is 25.3 Å². The number of allylic oxidation sites excluding steroid dienone is 1. The fourth-order valence-corrected chi connectivity index (χ4v) is 5.39. The minimum Gasteiger partial charge on any atom is -0.456 e. The Labute approximate surface area is 196 Å². The van der Waals surface area contributed by atoms with E-state index in [1.165, 1.54) is 17.7 Å². The predicted octanol–water partition coefficient (Wildman–Crippen LogP) is 0.980. The van der Waals surface area contributed by atoms with Crippen LogP contribution in [0.3, 0.4) is 0 Å². The molecular weight excluding hydrogens is 454 g/mol. The zero-order valence-corrected chi connectivity index (χ0v) is 20.2. The smallest absolute Gasteiger partial charge is 0.326 e. The van der Waals surface area contributed by atoms with Crippen molar-refractivity contribution in [2.45, 2.75) is 58.2 Å². The van der Waals surface area contributed by atoms with Gasteiger partial charge < -0.3 is 20.7 Å². The summed E-state index contributed by atoms with van der Waals surface area (Å²) in [5.41, 5.74) is 0. The second kappa shape index (κ2) is 12.9. The van der Waals surface area contributed by atoms with E-state index in [1.54, 1.807) is 16.9 Å². The summed E-state index contributed by atoms with van der Waals surface area (Å²) in [6, 6.07) is -1.77. The van der Waals surface area contributed by atoms with E-state index in [4.69, 9.17) is 4.74 Å². The van der Waals surface area contributed by atoms with Gasteiger partial charge in [0.1, 0.15) is 30.5 Å². The molecule has 2 bridgehead atoms. The van der Waals surface area contributed by atoms with Crippen LogP contribution in [-0.2, 0) is 28.7 Å². The molecule has 1 saturated heterocycles. The Morgan fingerprint density at radius 2 is 1.75 bits per heavy atom. The zero-order chi connectivity index (χ0) is 23.7. The van der Waals surface area contributed by atoms with Crippen molar-refractivity contribution in [3.8, 4) is 0 Å². The number of ether oxygens (including phenoxy) is 1. The lowest BCUT2D eigenvalue weighted by Crippen LogP contribution is -2.55. The van der Waals surface area contributed by atoms with Gasteiger partial charge >= 0.3 is 5.97 Å². The molecule has 178 valence electrons. The maximum atomic E-state index is 13.0. The van der Waals surface area contributed by atoms with Crippen LogP contribution in [-0.4, -0.2) is 65.7 Å². The Morgan fingerprint density at radius 3 is 2.47 bits per heavy atom. The lowest BCUT2D eigenvalue weighted by Gasteiger charge is -2.25. The summed E-state index contributed by atoms with van der Waals surface area (Å²) >= 11 is 0. The summed E-state index contributed by atoms with van der Waals surface area (Å²) in [5, 5.41) is 7.80. The van der Waals surface area contributed by atoms with Crippen LogP contribution < -0.4 is 16.0 Å². The van der Waals surface area contributed by atoms with Gasteiger partial charge in [0.2, 0.25) is 17.7 Å². The first-order chi connectivity index (χ1) is 15.2. The molecule has 0 aromatic carbocycles. The van der Waals surface area contributed by atoms with E-state index in [-0.39, 0.29) is 37.0 Å². The third-order valence-corrected chi connectivity index (χ3v) is 7.58. The third kappa shape index (κ3) is 8.50. The molecule has 0 spiro atoms. The number of ketones is 1. The number of hydrogen-bond donors (Lipinski definition) is 3. The minimum atomic E-state index is -0.908. The van der Waals surface area contributed by atoms with Gasteiger partial charge in [-0.3, -0.25) is 24.0 Å². The highest BCUT2D eigenvalue weighted by Gasteiger charge is 2.31. The molecule has 2 aliphatic rings. The minimum absolute atomic E-state index is 0.0191. The maximum Gasteiger partial charge on any atom is 0.326 e. The molecule has 0 radical (unpaired) electrons. The summed E-state index contributed by atoms with van der Waals surface area (Å²) in [5.74, 6) is -2.06. The summed E-state index contributed by atoms with van der Waals surface area (Å²) < 4.78 is 5.40. The Kier molecular flexibility index (Phi) is 10.6. The topological polar surface area (TPSA) is 131 Å². The highest BCUT2D eigenvalue weighted by Crippen LogP contribution is 2.25. The van der Waals surface area contributed by atoms with Gasteiger partial charge in [-0.2, -0.15) is 0 Å². The Hall–Kier alpha value is -2.01. The van der Waals surface area contributed by atoms with Crippen molar-refractivity contribution in [2.24, 2.45) is 11.8 Å². The third-order valence-electron chi connectivity index (χ3n) is 5.13. The molecular formula is C21H31N3O6S2. The van der Waals surface area contributed by atoms with Crippen molar-refractivity contribution in [1.82, 2.24) is 16.0 Å². The van der Waals surface area contributed by atoms with Crippen molar-refractivity contribution in [3.63, 3.8) is 0 Å². The van der Waals surface area contributed by atoms with Crippen LogP contribution >= 0.6 is 21.6 Å². The van der Waals surface area contributed by atoms with Crippen LogP contribution in [0.25, 0.3) is 0 Å². The molecule has 4 atom stereocenters. The molecule has 32 heavy (non-hydrogen) atoms. The van der Waals surface area contributed by atoms with Gasteiger partial charge in [-0.25, -0.2) is 0 Å². The van der Waals surface area contributed by atoms with E-state index in [1.807, 2.05) is 19.9 Å². The average molecular weight is 486 g/mol. The Balaban J connectivity index is 2.40. The Bertz CT molecular complexity index is 758. The lowest BCUT2D eigenvalue weighted by molar-refractivity contribution is -0.148. The summed E-state index contributed by atoms with van der Waals surface area (Å²) in [6.45, 7) is 4.80. The number of esters is 1. The van der Waals surface area contributed by atoms with Crippen LogP contribution in [0.15, 0.2) is 12.2 Å². The van der Waals surface area contributed by atoms with Crippen LogP contribution in [0.4, 0.5) is 0 Å². The molecule has 2 heterocycles. The normalized spacial score (nSPS) is 30.6. The van der Waals surface area contributed by atoms with Gasteiger partial charge in [0.25, 0.3) is 0 Å². The molecule has 1 unspecified atom stereocenters.